The number of carbonyl (C=O) groups is 1. The Hall–Kier alpha value is -2.30. The minimum atomic E-state index is -0.0405. The van der Waals surface area contributed by atoms with E-state index >= 15 is 0 Å². The molecule has 1 amide bonds. The van der Waals surface area contributed by atoms with Crippen molar-refractivity contribution in [1.82, 2.24) is 10.5 Å². The number of aromatic nitrogens is 1. The van der Waals surface area contributed by atoms with Crippen LogP contribution >= 0.6 is 0 Å². The topological polar surface area (TPSA) is 64.4 Å². The molecule has 0 aliphatic carbocycles. The average molecular weight is 344 g/mol. The maximum atomic E-state index is 12.3. The zero-order chi connectivity index (χ0) is 18.2. The fourth-order valence-electron chi connectivity index (χ4n) is 2.65. The summed E-state index contributed by atoms with van der Waals surface area (Å²) in [6.45, 7) is 8.40. The molecule has 0 bridgehead atoms. The molecule has 0 radical (unpaired) electrons. The highest BCUT2D eigenvalue weighted by Crippen LogP contribution is 2.18. The molecule has 5 heteroatoms. The van der Waals surface area contributed by atoms with Gasteiger partial charge in [-0.3, -0.25) is 4.79 Å². The van der Waals surface area contributed by atoms with Gasteiger partial charge in [-0.05, 0) is 51.5 Å². The Morgan fingerprint density at radius 3 is 2.56 bits per heavy atom. The first-order valence-corrected chi connectivity index (χ1v) is 8.96. The molecule has 1 unspecified atom stereocenters. The third kappa shape index (κ3) is 5.62. The van der Waals surface area contributed by atoms with Crippen molar-refractivity contribution in [2.24, 2.45) is 0 Å². The largest absolute Gasteiger partial charge is 0.489 e. The van der Waals surface area contributed by atoms with E-state index in [2.05, 4.69) is 24.3 Å². The Bertz CT molecular complexity index is 657. The summed E-state index contributed by atoms with van der Waals surface area (Å²) in [6.07, 6.45) is 4.55. The number of rotatable bonds is 9. The molecule has 1 aromatic heterocycles. The number of unbranched alkanes of at least 4 members (excludes halogenated alkanes) is 2. The number of hydrogen-bond donors (Lipinski definition) is 1. The highest BCUT2D eigenvalue weighted by molar-refractivity contribution is 5.94. The van der Waals surface area contributed by atoms with E-state index in [9.17, 15) is 4.79 Å². The van der Waals surface area contributed by atoms with E-state index in [0.717, 1.165) is 29.9 Å². The minimum Gasteiger partial charge on any atom is -0.489 e. The van der Waals surface area contributed by atoms with E-state index in [1.54, 1.807) is 12.1 Å². The minimum absolute atomic E-state index is 0.0405. The molecule has 136 valence electrons. The molecular formula is C20H28N2O3. The van der Waals surface area contributed by atoms with E-state index in [4.69, 9.17) is 9.26 Å². The first kappa shape index (κ1) is 19.0. The second-order valence-electron chi connectivity index (χ2n) is 6.49. The smallest absolute Gasteiger partial charge is 0.251 e. The number of amides is 1. The first-order chi connectivity index (χ1) is 12.0. The Balaban J connectivity index is 1.85. The third-order valence-electron chi connectivity index (χ3n) is 4.30. The predicted octanol–water partition coefficient (Wildman–Crippen LogP) is 4.57. The van der Waals surface area contributed by atoms with Crippen molar-refractivity contribution in [1.29, 1.82) is 0 Å². The predicted molar refractivity (Wildman–Crippen MR) is 97.8 cm³/mol. The molecule has 25 heavy (non-hydrogen) atoms. The summed E-state index contributed by atoms with van der Waals surface area (Å²) >= 11 is 0. The number of aryl methyl sites for hydroxylation is 2. The summed E-state index contributed by atoms with van der Waals surface area (Å²) in [4.78, 5) is 12.3. The van der Waals surface area contributed by atoms with Gasteiger partial charge in [0, 0.05) is 11.6 Å². The van der Waals surface area contributed by atoms with Gasteiger partial charge < -0.3 is 14.6 Å². The summed E-state index contributed by atoms with van der Waals surface area (Å²) in [5, 5.41) is 6.96. The van der Waals surface area contributed by atoms with E-state index in [1.165, 1.54) is 12.8 Å². The molecule has 1 N–H and O–H groups in total. The van der Waals surface area contributed by atoms with Gasteiger partial charge in [0.2, 0.25) is 0 Å². The second-order valence-corrected chi connectivity index (χ2v) is 6.49. The van der Waals surface area contributed by atoms with Crippen LogP contribution in [0, 0.1) is 13.8 Å². The van der Waals surface area contributed by atoms with Crippen molar-refractivity contribution >= 4 is 5.91 Å². The lowest BCUT2D eigenvalue weighted by Gasteiger charge is -2.14. The van der Waals surface area contributed by atoms with Crippen LogP contribution in [0.3, 0.4) is 0 Å². The fraction of sp³-hybridized carbons (Fsp3) is 0.500. The molecule has 0 aliphatic heterocycles. The summed E-state index contributed by atoms with van der Waals surface area (Å²) in [5.41, 5.74) is 2.44. The molecule has 0 saturated carbocycles. The fourth-order valence-corrected chi connectivity index (χ4v) is 2.65. The standard InChI is InChI=1S/C20H28N2O3/c1-5-6-7-8-14(2)21-20(23)17-9-11-18(12-10-17)24-13-19-15(3)22-25-16(19)4/h9-12,14H,5-8,13H2,1-4H3,(H,21,23). The van der Waals surface area contributed by atoms with Gasteiger partial charge in [-0.15, -0.1) is 0 Å². The van der Waals surface area contributed by atoms with Gasteiger partial charge in [0.15, 0.2) is 0 Å². The molecule has 2 aromatic rings. The number of carbonyl (C=O) groups excluding carboxylic acids is 1. The van der Waals surface area contributed by atoms with Crippen LogP contribution in [0.2, 0.25) is 0 Å². The highest BCUT2D eigenvalue weighted by Gasteiger charge is 2.11. The highest BCUT2D eigenvalue weighted by atomic mass is 16.5. The quantitative estimate of drug-likeness (QED) is 0.677. The Kier molecular flexibility index (Phi) is 7.04. The van der Waals surface area contributed by atoms with Crippen LogP contribution in [-0.4, -0.2) is 17.1 Å². The maximum Gasteiger partial charge on any atom is 0.251 e. The van der Waals surface area contributed by atoms with Crippen molar-refractivity contribution in [2.75, 3.05) is 0 Å². The number of nitrogens with zero attached hydrogens (tertiary/aromatic N) is 1. The lowest BCUT2D eigenvalue weighted by atomic mass is 10.1. The van der Waals surface area contributed by atoms with E-state index < -0.39 is 0 Å². The average Bonchev–Trinajstić information content (AvgIpc) is 2.92. The van der Waals surface area contributed by atoms with Crippen molar-refractivity contribution < 1.29 is 14.1 Å². The normalized spacial score (nSPS) is 12.0. The monoisotopic (exact) mass is 344 g/mol. The van der Waals surface area contributed by atoms with Crippen LogP contribution in [-0.2, 0) is 6.61 Å². The molecule has 1 atom stereocenters. The molecule has 1 heterocycles. The maximum absolute atomic E-state index is 12.3. The Labute approximate surface area is 149 Å². The van der Waals surface area contributed by atoms with Gasteiger partial charge in [0.25, 0.3) is 5.91 Å². The zero-order valence-corrected chi connectivity index (χ0v) is 15.6. The number of ether oxygens (including phenoxy) is 1. The summed E-state index contributed by atoms with van der Waals surface area (Å²) in [7, 11) is 0. The molecular weight excluding hydrogens is 316 g/mol. The van der Waals surface area contributed by atoms with Crippen molar-refractivity contribution in [2.45, 2.75) is 66.0 Å². The van der Waals surface area contributed by atoms with Crippen molar-refractivity contribution in [3.05, 3.63) is 46.8 Å². The van der Waals surface area contributed by atoms with Crippen LogP contribution in [0.25, 0.3) is 0 Å². The third-order valence-corrected chi connectivity index (χ3v) is 4.30. The first-order valence-electron chi connectivity index (χ1n) is 8.96. The van der Waals surface area contributed by atoms with Crippen LogP contribution in [0.4, 0.5) is 0 Å². The van der Waals surface area contributed by atoms with Crippen molar-refractivity contribution in [3.63, 3.8) is 0 Å². The Morgan fingerprint density at radius 1 is 1.24 bits per heavy atom. The van der Waals surface area contributed by atoms with E-state index in [1.807, 2.05) is 26.0 Å². The lowest BCUT2D eigenvalue weighted by Crippen LogP contribution is -2.32. The van der Waals surface area contributed by atoms with Gasteiger partial charge in [-0.25, -0.2) is 0 Å². The number of hydrogen-bond acceptors (Lipinski definition) is 4. The molecule has 0 spiro atoms. The van der Waals surface area contributed by atoms with Gasteiger partial charge in [0.05, 0.1) is 11.3 Å². The summed E-state index contributed by atoms with van der Waals surface area (Å²) < 4.78 is 10.9. The number of nitrogens with one attached hydrogen (secondary N) is 1. The van der Waals surface area contributed by atoms with Gasteiger partial charge in [-0.1, -0.05) is 31.3 Å². The Morgan fingerprint density at radius 2 is 1.96 bits per heavy atom. The summed E-state index contributed by atoms with van der Waals surface area (Å²) in [5.74, 6) is 1.44. The zero-order valence-electron chi connectivity index (χ0n) is 15.6. The van der Waals surface area contributed by atoms with E-state index in [-0.39, 0.29) is 11.9 Å². The van der Waals surface area contributed by atoms with E-state index in [0.29, 0.717) is 17.9 Å². The van der Waals surface area contributed by atoms with Crippen LogP contribution < -0.4 is 10.1 Å². The SMILES string of the molecule is CCCCCC(C)NC(=O)c1ccc(OCc2c(C)noc2C)cc1. The van der Waals surface area contributed by atoms with Crippen LogP contribution in [0.5, 0.6) is 5.75 Å². The van der Waals surface area contributed by atoms with Gasteiger partial charge in [0.1, 0.15) is 18.1 Å². The molecule has 2 rings (SSSR count). The lowest BCUT2D eigenvalue weighted by molar-refractivity contribution is 0.0938. The molecule has 0 saturated heterocycles. The van der Waals surface area contributed by atoms with Gasteiger partial charge >= 0.3 is 0 Å². The van der Waals surface area contributed by atoms with Gasteiger partial charge in [-0.2, -0.15) is 0 Å². The molecule has 0 fully saturated rings. The second kappa shape index (κ2) is 9.25. The number of benzene rings is 1. The van der Waals surface area contributed by atoms with Crippen LogP contribution in [0.1, 0.15) is 66.9 Å². The molecule has 1 aromatic carbocycles. The van der Waals surface area contributed by atoms with Crippen molar-refractivity contribution in [3.8, 4) is 5.75 Å². The molecule has 5 nitrogen and oxygen atoms in total. The van der Waals surface area contributed by atoms with Crippen LogP contribution in [0.15, 0.2) is 28.8 Å². The molecule has 0 aliphatic rings. The summed E-state index contributed by atoms with van der Waals surface area (Å²) in [6, 6.07) is 7.39.